The number of amidine groups is 1. The molecule has 1 heterocycles. The van der Waals surface area contributed by atoms with Crippen LogP contribution in [0.5, 0.6) is 11.5 Å². The first kappa shape index (κ1) is 38.1. The fourth-order valence-electron chi connectivity index (χ4n) is 5.66. The number of nitrogens with one attached hydrogen (secondary N) is 3. The van der Waals surface area contributed by atoms with Crippen molar-refractivity contribution < 1.29 is 22.7 Å². The first-order valence-electron chi connectivity index (χ1n) is 16.4. The zero-order chi connectivity index (χ0) is 35.1. The lowest BCUT2D eigenvalue weighted by Gasteiger charge is -2.32. The highest BCUT2D eigenvalue weighted by Crippen LogP contribution is 2.34. The highest BCUT2D eigenvalue weighted by atomic mass is 32.2. The van der Waals surface area contributed by atoms with Crippen LogP contribution in [0.3, 0.4) is 0 Å². The molecule has 0 spiro atoms. The number of aryl methyl sites for hydroxylation is 1. The van der Waals surface area contributed by atoms with E-state index in [2.05, 4.69) is 23.0 Å². The summed E-state index contributed by atoms with van der Waals surface area (Å²) in [7, 11) is 1.23. The van der Waals surface area contributed by atoms with Crippen molar-refractivity contribution in [3.8, 4) is 22.6 Å². The maximum absolute atomic E-state index is 13.0. The fraction of sp³-hybridized carbons (Fsp3) is 0.405. The number of rotatable bonds is 14. The van der Waals surface area contributed by atoms with Crippen LogP contribution in [0.15, 0.2) is 83.4 Å². The van der Waals surface area contributed by atoms with E-state index in [0.717, 1.165) is 55.2 Å². The number of carbonyl (C=O) groups excluding carboxylic acids is 1. The Kier molecular flexibility index (Phi) is 15.0. The van der Waals surface area contributed by atoms with Crippen LogP contribution in [0.25, 0.3) is 11.1 Å². The molecule has 1 aliphatic heterocycles. The second-order valence-corrected chi connectivity index (χ2v) is 13.6. The van der Waals surface area contributed by atoms with Gasteiger partial charge in [0.1, 0.15) is 17.3 Å². The summed E-state index contributed by atoms with van der Waals surface area (Å²) in [6.07, 6.45) is 8.50. The van der Waals surface area contributed by atoms with Crippen molar-refractivity contribution in [2.45, 2.75) is 57.3 Å². The Morgan fingerprint density at radius 1 is 1.04 bits per heavy atom. The van der Waals surface area contributed by atoms with Crippen LogP contribution in [-0.4, -0.2) is 66.0 Å². The second-order valence-electron chi connectivity index (χ2n) is 11.8. The van der Waals surface area contributed by atoms with Gasteiger partial charge in [0, 0.05) is 43.0 Å². The van der Waals surface area contributed by atoms with E-state index < -0.39 is 10.0 Å². The molecule has 0 unspecified atom stereocenters. The van der Waals surface area contributed by atoms with E-state index in [1.54, 1.807) is 43.4 Å². The lowest BCUT2D eigenvalue weighted by Crippen LogP contribution is -2.44. The predicted octanol–water partition coefficient (Wildman–Crippen LogP) is 5.85. The molecule has 3 aromatic carbocycles. The minimum atomic E-state index is -3.87. The summed E-state index contributed by atoms with van der Waals surface area (Å²) in [6.45, 7) is 5.20. The Hall–Kier alpha value is -4.35. The van der Waals surface area contributed by atoms with E-state index in [0.29, 0.717) is 36.1 Å². The Morgan fingerprint density at radius 2 is 1.77 bits per heavy atom. The normalized spacial score (nSPS) is 13.7. The second kappa shape index (κ2) is 18.8. The van der Waals surface area contributed by atoms with Crippen molar-refractivity contribution in [3.05, 3.63) is 89.6 Å². The van der Waals surface area contributed by atoms with Crippen molar-refractivity contribution in [1.82, 2.24) is 14.9 Å². The maximum atomic E-state index is 13.0. The molecule has 1 saturated heterocycles. The third kappa shape index (κ3) is 11.4. The summed E-state index contributed by atoms with van der Waals surface area (Å²) < 4.78 is 39.2. The average molecular weight is 678 g/mol. The van der Waals surface area contributed by atoms with Gasteiger partial charge in [-0.2, -0.15) is 0 Å². The summed E-state index contributed by atoms with van der Waals surface area (Å²) in [5.41, 5.74) is 9.91. The number of methoxy groups -OCH3 is 2. The standard InChI is InChI=1S/C29H41N3O5S.C8H10N2/c1-5-8-24(30-2)11-6-9-22-15-17-32(18-16-22)29(33)21-31-38(34,35)26-12-7-10-23(19-26)27-14-13-25(36-3)20-28(27)37-4;1-6-3-2-4-7(5-6)8(9)10/h7-8,10,12-14,19-20,22,30-31H,5-6,9,11,15-18,21H2,1-4H3;2-5H,1H3,(H3,9,10)/b24-8+;. The summed E-state index contributed by atoms with van der Waals surface area (Å²) >= 11 is 0. The van der Waals surface area contributed by atoms with Gasteiger partial charge in [0.25, 0.3) is 0 Å². The fourth-order valence-corrected chi connectivity index (χ4v) is 6.68. The van der Waals surface area contributed by atoms with Gasteiger partial charge in [-0.25, -0.2) is 13.1 Å². The van der Waals surface area contributed by atoms with Crippen LogP contribution in [0.4, 0.5) is 0 Å². The largest absolute Gasteiger partial charge is 0.497 e. The molecular formula is C37H51N5O5S. The van der Waals surface area contributed by atoms with Gasteiger partial charge in [-0.3, -0.25) is 10.2 Å². The number of allylic oxidation sites excluding steroid dienone is 2. The number of nitrogen functional groups attached to an aromatic ring is 1. The van der Waals surface area contributed by atoms with E-state index >= 15 is 0 Å². The number of likely N-dealkylation sites (tertiary alicyclic amines) is 1. The quantitative estimate of drug-likeness (QED) is 0.124. The Labute approximate surface area is 286 Å². The third-order valence-corrected chi connectivity index (χ3v) is 9.80. The molecule has 1 fully saturated rings. The number of piperidine rings is 1. The van der Waals surface area contributed by atoms with E-state index in [4.69, 9.17) is 20.6 Å². The van der Waals surface area contributed by atoms with Crippen LogP contribution in [0.2, 0.25) is 0 Å². The molecule has 0 bridgehead atoms. The number of hydrogen-bond donors (Lipinski definition) is 4. The van der Waals surface area contributed by atoms with Gasteiger partial charge >= 0.3 is 0 Å². The smallest absolute Gasteiger partial charge is 0.241 e. The van der Waals surface area contributed by atoms with Crippen LogP contribution in [-0.2, 0) is 14.8 Å². The van der Waals surface area contributed by atoms with Crippen LogP contribution < -0.4 is 25.2 Å². The molecule has 0 aromatic heterocycles. The van der Waals surface area contributed by atoms with Gasteiger partial charge in [0.05, 0.1) is 25.7 Å². The molecule has 0 saturated carbocycles. The molecule has 0 radical (unpaired) electrons. The first-order valence-corrected chi connectivity index (χ1v) is 17.9. The topological polar surface area (TPSA) is 147 Å². The molecule has 260 valence electrons. The Morgan fingerprint density at radius 3 is 2.38 bits per heavy atom. The summed E-state index contributed by atoms with van der Waals surface area (Å²) in [5, 5.41) is 10.4. The van der Waals surface area contributed by atoms with Gasteiger partial charge in [-0.05, 0) is 87.3 Å². The first-order chi connectivity index (χ1) is 23.0. The number of ether oxygens (including phenoxy) is 2. The molecule has 10 nitrogen and oxygen atoms in total. The van der Waals surface area contributed by atoms with Crippen LogP contribution in [0.1, 0.15) is 56.6 Å². The van der Waals surface area contributed by atoms with Gasteiger partial charge in [0.15, 0.2) is 0 Å². The number of benzene rings is 3. The van der Waals surface area contributed by atoms with Gasteiger partial charge in [-0.1, -0.05) is 48.9 Å². The zero-order valence-corrected chi connectivity index (χ0v) is 29.7. The van der Waals surface area contributed by atoms with Crippen LogP contribution >= 0.6 is 0 Å². The Bertz CT molecular complexity index is 1650. The maximum Gasteiger partial charge on any atom is 0.241 e. The molecule has 3 aromatic rings. The SMILES string of the molecule is CC/C=C(\CCCC1CCN(C(=O)CNS(=O)(=O)c2cccc(-c3ccc(OC)cc3OC)c2)CC1)NC.Cc1cccc(C(=N)N)c1. The summed E-state index contributed by atoms with van der Waals surface area (Å²) in [5.74, 6) is 1.76. The van der Waals surface area contributed by atoms with Crippen molar-refractivity contribution in [3.63, 3.8) is 0 Å². The average Bonchev–Trinajstić information content (AvgIpc) is 3.10. The highest BCUT2D eigenvalue weighted by Gasteiger charge is 2.24. The highest BCUT2D eigenvalue weighted by molar-refractivity contribution is 7.89. The molecule has 5 N–H and O–H groups in total. The monoisotopic (exact) mass is 677 g/mol. The number of nitrogens with two attached hydrogens (primary N) is 1. The minimum absolute atomic E-state index is 0.0949. The predicted molar refractivity (Wildman–Crippen MR) is 193 cm³/mol. The lowest BCUT2D eigenvalue weighted by atomic mass is 9.91. The number of carbonyl (C=O) groups is 1. The van der Waals surface area contributed by atoms with Crippen molar-refractivity contribution >= 4 is 21.8 Å². The molecule has 0 atom stereocenters. The molecule has 0 aliphatic carbocycles. The number of nitrogens with zero attached hydrogens (tertiary/aromatic N) is 1. The zero-order valence-electron chi connectivity index (χ0n) is 28.8. The summed E-state index contributed by atoms with van der Waals surface area (Å²) in [4.78, 5) is 14.7. The van der Waals surface area contributed by atoms with E-state index in [1.807, 2.05) is 50.4 Å². The van der Waals surface area contributed by atoms with E-state index in [-0.39, 0.29) is 23.2 Å². The van der Waals surface area contributed by atoms with Gasteiger partial charge in [-0.15, -0.1) is 0 Å². The molecule has 48 heavy (non-hydrogen) atoms. The number of hydrogen-bond acceptors (Lipinski definition) is 7. The molecule has 11 heteroatoms. The Balaban J connectivity index is 0.000000533. The van der Waals surface area contributed by atoms with Crippen LogP contribution in [0, 0.1) is 18.3 Å². The molecule has 4 rings (SSSR count). The van der Waals surface area contributed by atoms with E-state index in [1.165, 1.54) is 11.8 Å². The van der Waals surface area contributed by atoms with E-state index in [9.17, 15) is 13.2 Å². The molecule has 1 amide bonds. The number of amides is 1. The summed E-state index contributed by atoms with van der Waals surface area (Å²) in [6, 6.07) is 19.6. The minimum Gasteiger partial charge on any atom is -0.497 e. The van der Waals surface area contributed by atoms with Gasteiger partial charge in [0.2, 0.25) is 15.9 Å². The number of sulfonamides is 1. The third-order valence-electron chi connectivity index (χ3n) is 8.40. The molecule has 1 aliphatic rings. The molecular weight excluding hydrogens is 627 g/mol. The van der Waals surface area contributed by atoms with Gasteiger partial charge < -0.3 is 25.4 Å². The van der Waals surface area contributed by atoms with Crippen molar-refractivity contribution in [2.75, 3.05) is 40.9 Å². The lowest BCUT2D eigenvalue weighted by molar-refractivity contribution is -0.131. The van der Waals surface area contributed by atoms with Crippen molar-refractivity contribution in [2.24, 2.45) is 11.7 Å². The van der Waals surface area contributed by atoms with Crippen molar-refractivity contribution in [1.29, 1.82) is 5.41 Å².